The molecular weight excluding hydrogens is 132 g/mol. The Morgan fingerprint density at radius 2 is 1.40 bits per heavy atom. The first-order valence-electron chi connectivity index (χ1n) is 2.87. The summed E-state index contributed by atoms with van der Waals surface area (Å²) in [5.74, 6) is 3.20. The molecule has 1 saturated heterocycles. The van der Waals surface area contributed by atoms with Crippen LogP contribution in [0, 0.1) is 0 Å². The molecule has 10 heavy (non-hydrogen) atoms. The fraction of sp³-hybridized carbons (Fsp3) is 0.333. The largest absolute Gasteiger partial charge is 0.372 e. The second kappa shape index (κ2) is 2.87. The Morgan fingerprint density at radius 1 is 1.00 bits per heavy atom. The Bertz CT molecular complexity index is 208. The Balaban J connectivity index is 2.89. The lowest BCUT2D eigenvalue weighted by Crippen LogP contribution is -2.37. The van der Waals surface area contributed by atoms with Crippen molar-refractivity contribution in [2.75, 3.05) is 13.1 Å². The molecular formula is C6H6N2O2. The summed E-state index contributed by atoms with van der Waals surface area (Å²) in [5.41, 5.74) is 0.336. The molecule has 0 aromatic heterocycles. The third-order valence-corrected chi connectivity index (χ3v) is 1.18. The van der Waals surface area contributed by atoms with Gasteiger partial charge in [-0.2, -0.15) is 0 Å². The van der Waals surface area contributed by atoms with Crippen LogP contribution in [0.25, 0.3) is 0 Å². The van der Waals surface area contributed by atoms with E-state index in [9.17, 15) is 9.59 Å². The van der Waals surface area contributed by atoms with E-state index in [2.05, 4.69) is 10.6 Å². The number of carbonyl (C=O) groups excluding carboxylic acids is 2. The number of piperazine rings is 1. The zero-order chi connectivity index (χ0) is 7.40. The molecule has 0 atom stereocenters. The first-order valence-corrected chi connectivity index (χ1v) is 2.87. The molecule has 1 aliphatic heterocycles. The van der Waals surface area contributed by atoms with Crippen LogP contribution in [0.2, 0.25) is 0 Å². The van der Waals surface area contributed by atoms with Gasteiger partial charge in [0.15, 0.2) is 23.3 Å². The van der Waals surface area contributed by atoms with Gasteiger partial charge in [0.2, 0.25) is 0 Å². The monoisotopic (exact) mass is 138 g/mol. The lowest BCUT2D eigenvalue weighted by Gasteiger charge is -2.15. The fourth-order valence-electron chi connectivity index (χ4n) is 0.726. The van der Waals surface area contributed by atoms with E-state index in [1.165, 1.54) is 0 Å². The van der Waals surface area contributed by atoms with Crippen molar-refractivity contribution in [3.8, 4) is 0 Å². The van der Waals surface area contributed by atoms with Gasteiger partial charge in [-0.3, -0.25) is 0 Å². The van der Waals surface area contributed by atoms with Crippen molar-refractivity contribution < 1.29 is 9.59 Å². The van der Waals surface area contributed by atoms with Gasteiger partial charge in [-0.25, -0.2) is 9.59 Å². The molecule has 1 heterocycles. The summed E-state index contributed by atoms with van der Waals surface area (Å²) in [6.07, 6.45) is 0. The molecule has 0 aromatic rings. The number of nitrogens with one attached hydrogen (secondary N) is 2. The molecule has 1 rings (SSSR count). The Hall–Kier alpha value is -1.50. The Morgan fingerprint density at radius 3 is 1.70 bits per heavy atom. The Kier molecular flexibility index (Phi) is 1.90. The maximum absolute atomic E-state index is 10.1. The van der Waals surface area contributed by atoms with E-state index in [0.717, 1.165) is 0 Å². The molecule has 0 aliphatic carbocycles. The van der Waals surface area contributed by atoms with Crippen LogP contribution in [0.4, 0.5) is 0 Å². The zero-order valence-electron chi connectivity index (χ0n) is 5.23. The minimum Gasteiger partial charge on any atom is -0.372 e. The third-order valence-electron chi connectivity index (χ3n) is 1.18. The van der Waals surface area contributed by atoms with Crippen LogP contribution < -0.4 is 10.6 Å². The predicted octanol–water partition coefficient (Wildman–Crippen LogP) is -1.39. The molecule has 4 nitrogen and oxygen atoms in total. The van der Waals surface area contributed by atoms with E-state index in [0.29, 0.717) is 13.1 Å². The number of hydrogen-bond acceptors (Lipinski definition) is 4. The van der Waals surface area contributed by atoms with Crippen LogP contribution in [0.1, 0.15) is 0 Å². The van der Waals surface area contributed by atoms with Crippen LogP contribution in [0.5, 0.6) is 0 Å². The molecule has 0 aromatic carbocycles. The number of rotatable bonds is 0. The average molecular weight is 138 g/mol. The van der Waals surface area contributed by atoms with E-state index in [1.807, 2.05) is 0 Å². The summed E-state index contributed by atoms with van der Waals surface area (Å²) >= 11 is 0. The van der Waals surface area contributed by atoms with Gasteiger partial charge >= 0.3 is 0 Å². The molecule has 0 spiro atoms. The quantitative estimate of drug-likeness (QED) is 0.405. The molecule has 1 fully saturated rings. The smallest absolute Gasteiger partial charge is 0.155 e. The maximum atomic E-state index is 10.1. The number of hydrogen-bond donors (Lipinski definition) is 2. The van der Waals surface area contributed by atoms with Crippen LogP contribution in [0.15, 0.2) is 11.4 Å². The average Bonchev–Trinajstić information content (AvgIpc) is 2.04. The normalized spacial score (nSPS) is 16.4. The summed E-state index contributed by atoms with van der Waals surface area (Å²) in [7, 11) is 0. The van der Waals surface area contributed by atoms with Gasteiger partial charge in [0.1, 0.15) is 0 Å². The molecule has 2 N–H and O–H groups in total. The second-order valence-corrected chi connectivity index (χ2v) is 1.81. The van der Waals surface area contributed by atoms with Crippen molar-refractivity contribution in [3.05, 3.63) is 11.4 Å². The van der Waals surface area contributed by atoms with Crippen molar-refractivity contribution in [1.82, 2.24) is 10.6 Å². The van der Waals surface area contributed by atoms with E-state index >= 15 is 0 Å². The van der Waals surface area contributed by atoms with Gasteiger partial charge in [-0.1, -0.05) is 0 Å². The SMILES string of the molecule is O=C=C1NCCNC1=C=O. The van der Waals surface area contributed by atoms with Gasteiger partial charge in [0.05, 0.1) is 0 Å². The molecule has 1 aliphatic rings. The molecule has 0 bridgehead atoms. The fourth-order valence-corrected chi connectivity index (χ4v) is 0.726. The highest BCUT2D eigenvalue weighted by atomic mass is 16.1. The van der Waals surface area contributed by atoms with Crippen molar-refractivity contribution in [1.29, 1.82) is 0 Å². The van der Waals surface area contributed by atoms with Crippen LogP contribution in [-0.4, -0.2) is 25.0 Å². The molecule has 0 saturated carbocycles. The topological polar surface area (TPSA) is 58.2 Å². The summed E-state index contributed by atoms with van der Waals surface area (Å²) in [4.78, 5) is 20.1. The third kappa shape index (κ3) is 1.08. The highest BCUT2D eigenvalue weighted by Gasteiger charge is 2.10. The summed E-state index contributed by atoms with van der Waals surface area (Å²) in [6.45, 7) is 1.27. The molecule has 52 valence electrons. The maximum Gasteiger partial charge on any atom is 0.155 e. The molecule has 0 amide bonds. The van der Waals surface area contributed by atoms with Crippen LogP contribution in [0.3, 0.4) is 0 Å². The van der Waals surface area contributed by atoms with Gasteiger partial charge in [-0.15, -0.1) is 0 Å². The van der Waals surface area contributed by atoms with Crippen molar-refractivity contribution >= 4 is 11.9 Å². The first kappa shape index (κ1) is 6.62. The van der Waals surface area contributed by atoms with Gasteiger partial charge < -0.3 is 10.6 Å². The summed E-state index contributed by atoms with van der Waals surface area (Å²) < 4.78 is 0. The van der Waals surface area contributed by atoms with Gasteiger partial charge in [0, 0.05) is 13.1 Å². The first-order chi connectivity index (χ1) is 4.88. The minimum atomic E-state index is 0.168. The minimum absolute atomic E-state index is 0.168. The molecule has 4 heteroatoms. The highest BCUT2D eigenvalue weighted by molar-refractivity contribution is 5.70. The van der Waals surface area contributed by atoms with Crippen molar-refractivity contribution in [2.24, 2.45) is 0 Å². The second-order valence-electron chi connectivity index (χ2n) is 1.81. The van der Waals surface area contributed by atoms with E-state index in [1.54, 1.807) is 11.9 Å². The van der Waals surface area contributed by atoms with E-state index < -0.39 is 0 Å². The van der Waals surface area contributed by atoms with E-state index in [4.69, 9.17) is 0 Å². The molecule has 0 radical (unpaired) electrons. The zero-order valence-corrected chi connectivity index (χ0v) is 5.23. The van der Waals surface area contributed by atoms with Gasteiger partial charge in [-0.05, 0) is 0 Å². The van der Waals surface area contributed by atoms with E-state index in [-0.39, 0.29) is 11.4 Å². The van der Waals surface area contributed by atoms with Crippen LogP contribution >= 0.6 is 0 Å². The highest BCUT2D eigenvalue weighted by Crippen LogP contribution is 1.96. The summed E-state index contributed by atoms with van der Waals surface area (Å²) in [5, 5.41) is 5.40. The Labute approximate surface area is 57.6 Å². The molecule has 0 unspecified atom stereocenters. The van der Waals surface area contributed by atoms with Crippen LogP contribution in [-0.2, 0) is 9.59 Å². The standard InChI is InChI=1S/C6H6N2O2/c9-3-5-6(4-10)8-2-1-7-5/h7-8H,1-2H2. The summed E-state index contributed by atoms with van der Waals surface area (Å²) in [6, 6.07) is 0. The van der Waals surface area contributed by atoms with Gasteiger partial charge in [0.25, 0.3) is 0 Å². The van der Waals surface area contributed by atoms with Crippen molar-refractivity contribution in [3.63, 3.8) is 0 Å². The predicted molar refractivity (Wildman–Crippen MR) is 34.4 cm³/mol. The lowest BCUT2D eigenvalue weighted by atomic mass is 10.3. The lowest BCUT2D eigenvalue weighted by molar-refractivity contribution is 0.552. The van der Waals surface area contributed by atoms with Crippen molar-refractivity contribution in [2.45, 2.75) is 0 Å².